The summed E-state index contributed by atoms with van der Waals surface area (Å²) in [5.41, 5.74) is 7.87. The Kier molecular flexibility index (Phi) is 5.91. The normalized spacial score (nSPS) is 10.4. The molecule has 0 bridgehead atoms. The molecule has 2 aromatic rings. The first-order valence-electron chi connectivity index (χ1n) is 6.74. The number of carbonyl (C=O) groups excluding carboxylic acids is 2. The fourth-order valence-electron chi connectivity index (χ4n) is 1.76. The lowest BCUT2D eigenvalue weighted by atomic mass is 10.2. The number of benzene rings is 2. The number of hydrogen-bond acceptors (Lipinski definition) is 5. The summed E-state index contributed by atoms with van der Waals surface area (Å²) in [5, 5.41) is 3.67. The topological polar surface area (TPSA) is 103 Å². The van der Waals surface area contributed by atoms with Crippen molar-refractivity contribution >= 4 is 34.1 Å². The summed E-state index contributed by atoms with van der Waals surface area (Å²) in [5.74, 6) is 0.395. The average molecular weight is 392 g/mol. The lowest BCUT2D eigenvalue weighted by Gasteiger charge is -2.08. The molecule has 0 aliphatic carbocycles. The summed E-state index contributed by atoms with van der Waals surface area (Å²) in [4.78, 5) is 22.9. The van der Waals surface area contributed by atoms with Crippen molar-refractivity contribution in [3.8, 4) is 11.5 Å². The van der Waals surface area contributed by atoms with Gasteiger partial charge in [0, 0.05) is 10.0 Å². The third-order valence-corrected chi connectivity index (χ3v) is 3.37. The van der Waals surface area contributed by atoms with Gasteiger partial charge < -0.3 is 15.2 Å². The van der Waals surface area contributed by atoms with Gasteiger partial charge in [-0.25, -0.2) is 15.0 Å². The Bertz CT molecular complexity index is 775. The standard InChI is InChI=1S/C16H14BrN3O4/c1-23-13-5-2-10(3-6-13)15(21)24-14-7-4-12(17)8-11(14)9-19-20-16(18)22/h2-9H,1H3,(H3,18,20,22)/b19-9+. The van der Waals surface area contributed by atoms with Gasteiger partial charge in [-0.2, -0.15) is 5.10 Å². The minimum atomic E-state index is -0.793. The van der Waals surface area contributed by atoms with Gasteiger partial charge in [-0.3, -0.25) is 0 Å². The molecule has 124 valence electrons. The van der Waals surface area contributed by atoms with Crippen molar-refractivity contribution in [1.82, 2.24) is 5.43 Å². The van der Waals surface area contributed by atoms with E-state index in [1.807, 2.05) is 0 Å². The molecule has 0 heterocycles. The maximum atomic E-state index is 12.2. The van der Waals surface area contributed by atoms with Gasteiger partial charge in [0.05, 0.1) is 18.9 Å². The van der Waals surface area contributed by atoms with Crippen LogP contribution in [0.1, 0.15) is 15.9 Å². The quantitative estimate of drug-likeness (QED) is 0.353. The molecule has 8 heteroatoms. The Labute approximate surface area is 146 Å². The second kappa shape index (κ2) is 8.11. The average Bonchev–Trinajstić information content (AvgIpc) is 2.57. The minimum absolute atomic E-state index is 0.286. The van der Waals surface area contributed by atoms with Crippen LogP contribution < -0.4 is 20.6 Å². The van der Waals surface area contributed by atoms with E-state index in [0.717, 1.165) is 4.47 Å². The van der Waals surface area contributed by atoms with Gasteiger partial charge in [-0.15, -0.1) is 0 Å². The molecule has 0 saturated carbocycles. The molecule has 0 spiro atoms. The number of nitrogens with zero attached hydrogens (tertiary/aromatic N) is 1. The molecule has 2 amide bonds. The maximum Gasteiger partial charge on any atom is 0.343 e. The van der Waals surface area contributed by atoms with Crippen molar-refractivity contribution in [3.05, 3.63) is 58.1 Å². The van der Waals surface area contributed by atoms with Crippen LogP contribution in [0.2, 0.25) is 0 Å². The maximum absolute atomic E-state index is 12.2. The molecule has 0 unspecified atom stereocenters. The van der Waals surface area contributed by atoms with E-state index >= 15 is 0 Å². The van der Waals surface area contributed by atoms with Crippen molar-refractivity contribution in [2.45, 2.75) is 0 Å². The van der Waals surface area contributed by atoms with Crippen LogP contribution in [0.4, 0.5) is 4.79 Å². The summed E-state index contributed by atoms with van der Waals surface area (Å²) in [6, 6.07) is 10.7. The predicted molar refractivity (Wildman–Crippen MR) is 92.4 cm³/mol. The highest BCUT2D eigenvalue weighted by Crippen LogP contribution is 2.23. The first-order valence-corrected chi connectivity index (χ1v) is 7.53. The summed E-state index contributed by atoms with van der Waals surface area (Å²) >= 11 is 3.32. The number of nitrogens with two attached hydrogens (primary N) is 1. The Morgan fingerprint density at radius 1 is 1.21 bits per heavy atom. The largest absolute Gasteiger partial charge is 0.497 e. The van der Waals surface area contributed by atoms with Crippen LogP contribution in [0.25, 0.3) is 0 Å². The molecule has 7 nitrogen and oxygen atoms in total. The third kappa shape index (κ3) is 4.82. The zero-order valence-corrected chi connectivity index (χ0v) is 14.2. The van der Waals surface area contributed by atoms with Crippen LogP contribution in [0, 0.1) is 0 Å². The van der Waals surface area contributed by atoms with Crippen molar-refractivity contribution < 1.29 is 19.1 Å². The van der Waals surface area contributed by atoms with E-state index in [2.05, 4.69) is 26.5 Å². The third-order valence-electron chi connectivity index (χ3n) is 2.88. The molecule has 0 aliphatic rings. The number of carbonyl (C=O) groups is 2. The predicted octanol–water partition coefficient (Wildman–Crippen LogP) is 2.68. The number of primary amides is 1. The van der Waals surface area contributed by atoms with Crippen LogP contribution in [-0.2, 0) is 0 Å². The van der Waals surface area contributed by atoms with E-state index in [1.165, 1.54) is 6.21 Å². The molecular weight excluding hydrogens is 378 g/mol. The van der Waals surface area contributed by atoms with Crippen LogP contribution in [0.15, 0.2) is 52.0 Å². The van der Waals surface area contributed by atoms with Gasteiger partial charge in [0.25, 0.3) is 0 Å². The second-order valence-electron chi connectivity index (χ2n) is 4.53. The highest BCUT2D eigenvalue weighted by molar-refractivity contribution is 9.10. The van der Waals surface area contributed by atoms with Gasteiger partial charge in [-0.05, 0) is 42.5 Å². The molecule has 0 aromatic heterocycles. The molecule has 24 heavy (non-hydrogen) atoms. The number of esters is 1. The Morgan fingerprint density at radius 3 is 2.54 bits per heavy atom. The van der Waals surface area contributed by atoms with Gasteiger partial charge in [0.1, 0.15) is 11.5 Å². The highest BCUT2D eigenvalue weighted by atomic mass is 79.9. The molecule has 0 aliphatic heterocycles. The van der Waals surface area contributed by atoms with Crippen LogP contribution >= 0.6 is 15.9 Å². The second-order valence-corrected chi connectivity index (χ2v) is 5.45. The number of rotatable bonds is 5. The van der Waals surface area contributed by atoms with E-state index in [4.69, 9.17) is 15.2 Å². The van der Waals surface area contributed by atoms with Gasteiger partial charge in [0.2, 0.25) is 0 Å². The zero-order valence-electron chi connectivity index (χ0n) is 12.7. The molecule has 0 atom stereocenters. The van der Waals surface area contributed by atoms with Crippen LogP contribution in [0.5, 0.6) is 11.5 Å². The van der Waals surface area contributed by atoms with Gasteiger partial charge in [0.15, 0.2) is 0 Å². The van der Waals surface area contributed by atoms with E-state index in [9.17, 15) is 9.59 Å². The van der Waals surface area contributed by atoms with Crippen molar-refractivity contribution in [2.24, 2.45) is 10.8 Å². The number of ether oxygens (including phenoxy) is 2. The van der Waals surface area contributed by atoms with E-state index in [-0.39, 0.29) is 5.75 Å². The van der Waals surface area contributed by atoms with Gasteiger partial charge >= 0.3 is 12.0 Å². The molecule has 2 rings (SSSR count). The van der Waals surface area contributed by atoms with Crippen molar-refractivity contribution in [1.29, 1.82) is 0 Å². The fourth-order valence-corrected chi connectivity index (χ4v) is 2.14. The fraction of sp³-hybridized carbons (Fsp3) is 0.0625. The van der Waals surface area contributed by atoms with Gasteiger partial charge in [-0.1, -0.05) is 15.9 Å². The highest BCUT2D eigenvalue weighted by Gasteiger charge is 2.11. The lowest BCUT2D eigenvalue weighted by Crippen LogP contribution is -2.24. The number of hydrazone groups is 1. The Balaban J connectivity index is 2.19. The van der Waals surface area contributed by atoms with Crippen molar-refractivity contribution in [2.75, 3.05) is 7.11 Å². The summed E-state index contributed by atoms with van der Waals surface area (Å²) in [6.07, 6.45) is 1.33. The molecule has 2 aromatic carbocycles. The number of amides is 2. The molecule has 0 saturated heterocycles. The SMILES string of the molecule is COc1ccc(C(=O)Oc2ccc(Br)cc2/C=N/NC(N)=O)cc1. The van der Waals surface area contributed by atoms with E-state index in [1.54, 1.807) is 49.6 Å². The van der Waals surface area contributed by atoms with Crippen LogP contribution in [0.3, 0.4) is 0 Å². The van der Waals surface area contributed by atoms with E-state index in [0.29, 0.717) is 16.9 Å². The Morgan fingerprint density at radius 2 is 1.92 bits per heavy atom. The number of hydrogen-bond donors (Lipinski definition) is 2. The van der Waals surface area contributed by atoms with Crippen molar-refractivity contribution in [3.63, 3.8) is 0 Å². The minimum Gasteiger partial charge on any atom is -0.497 e. The lowest BCUT2D eigenvalue weighted by molar-refractivity contribution is 0.0734. The van der Waals surface area contributed by atoms with E-state index < -0.39 is 12.0 Å². The number of methoxy groups -OCH3 is 1. The summed E-state index contributed by atoms with van der Waals surface area (Å²) in [6.45, 7) is 0. The monoisotopic (exact) mass is 391 g/mol. The molecule has 0 radical (unpaired) electrons. The first kappa shape index (κ1) is 17.5. The number of halogens is 1. The summed E-state index contributed by atoms with van der Waals surface area (Å²) in [7, 11) is 1.54. The summed E-state index contributed by atoms with van der Waals surface area (Å²) < 4.78 is 11.2. The number of urea groups is 1. The zero-order chi connectivity index (χ0) is 17.5. The number of nitrogens with one attached hydrogen (secondary N) is 1. The molecule has 3 N–H and O–H groups in total. The molecule has 0 fully saturated rings. The smallest absolute Gasteiger partial charge is 0.343 e. The molecular formula is C16H14BrN3O4. The van der Waals surface area contributed by atoms with Crippen LogP contribution in [-0.4, -0.2) is 25.3 Å². The first-order chi connectivity index (χ1) is 11.5. The Hall–Kier alpha value is -2.87.